The van der Waals surface area contributed by atoms with Crippen molar-refractivity contribution in [2.45, 2.75) is 33.9 Å². The molecule has 5 N–H and O–H groups in total. The number of pyridine rings is 1. The topological polar surface area (TPSA) is 106 Å². The SMILES string of the molecule is C/C(C=NCc1cc2cc(Cl)ccc2s1)=C/N.Cc1cc2c(N)nccc2c(C)c1CNC=O. The number of allylic oxidation sites excluding steroid dienone is 1. The standard InChI is InChI=1S/C13H13ClN2S.C13H15N3O/c1-9(6-15)7-16-8-12-5-10-4-11(14)2-3-13(10)17-12;1-8-5-11-10(3-4-16-13(11)14)9(2)12(8)6-15-7-17/h2-7H,8,15H2,1H3;3-5,7H,6H2,1-2H3,(H2,14,16)(H,15,17)/b9-6-,16-7?;. The fourth-order valence-electron chi connectivity index (χ4n) is 3.62. The van der Waals surface area contributed by atoms with E-state index >= 15 is 0 Å². The fraction of sp³-hybridized carbons (Fsp3) is 0.192. The minimum Gasteiger partial charge on any atom is -0.404 e. The molecule has 2 aromatic carbocycles. The number of aliphatic imine (C=N–C) groups is 1. The molecule has 1 amide bonds. The van der Waals surface area contributed by atoms with Crippen LogP contribution in [0, 0.1) is 13.8 Å². The highest BCUT2D eigenvalue weighted by Gasteiger charge is 2.09. The molecule has 6 nitrogen and oxygen atoms in total. The van der Waals surface area contributed by atoms with Gasteiger partial charge in [0.15, 0.2) is 0 Å². The number of aromatic nitrogens is 1. The van der Waals surface area contributed by atoms with Crippen molar-refractivity contribution in [3.8, 4) is 0 Å². The molecule has 0 fully saturated rings. The van der Waals surface area contributed by atoms with Crippen LogP contribution < -0.4 is 16.8 Å². The van der Waals surface area contributed by atoms with Gasteiger partial charge in [0, 0.05) is 38.9 Å². The summed E-state index contributed by atoms with van der Waals surface area (Å²) in [5.74, 6) is 0.545. The predicted octanol–water partition coefficient (Wildman–Crippen LogP) is 5.67. The Hall–Kier alpha value is -3.42. The number of aryl methyl sites for hydroxylation is 2. The molecule has 0 atom stereocenters. The number of hydrogen-bond acceptors (Lipinski definition) is 6. The first-order chi connectivity index (χ1) is 16.3. The number of fused-ring (bicyclic) bond motifs is 2. The second-order valence-electron chi connectivity index (χ2n) is 7.86. The van der Waals surface area contributed by atoms with Crippen LogP contribution in [0.2, 0.25) is 5.02 Å². The Morgan fingerprint density at radius 1 is 1.21 bits per heavy atom. The van der Waals surface area contributed by atoms with E-state index in [1.165, 1.54) is 15.0 Å². The van der Waals surface area contributed by atoms with E-state index in [-0.39, 0.29) is 0 Å². The minimum absolute atomic E-state index is 0.541. The molecule has 4 aromatic rings. The number of amides is 1. The summed E-state index contributed by atoms with van der Waals surface area (Å²) in [4.78, 5) is 20.0. The van der Waals surface area contributed by atoms with Crippen molar-refractivity contribution in [3.05, 3.63) is 81.0 Å². The highest BCUT2D eigenvalue weighted by Crippen LogP contribution is 2.29. The van der Waals surface area contributed by atoms with Crippen molar-refractivity contribution < 1.29 is 4.79 Å². The van der Waals surface area contributed by atoms with Crippen molar-refractivity contribution in [1.82, 2.24) is 10.3 Å². The zero-order chi connectivity index (χ0) is 24.7. The molecule has 0 saturated carbocycles. The van der Waals surface area contributed by atoms with Crippen LogP contribution in [0.4, 0.5) is 5.82 Å². The van der Waals surface area contributed by atoms with Gasteiger partial charge >= 0.3 is 0 Å². The Morgan fingerprint density at radius 3 is 2.74 bits per heavy atom. The Kier molecular flexibility index (Phi) is 8.62. The van der Waals surface area contributed by atoms with Gasteiger partial charge in [0.05, 0.1) is 6.54 Å². The normalized spacial score (nSPS) is 11.6. The summed E-state index contributed by atoms with van der Waals surface area (Å²) in [5, 5.41) is 6.71. The van der Waals surface area contributed by atoms with Gasteiger partial charge < -0.3 is 16.8 Å². The zero-order valence-corrected chi connectivity index (χ0v) is 21.0. The second-order valence-corrected chi connectivity index (χ2v) is 9.47. The van der Waals surface area contributed by atoms with Crippen molar-refractivity contribution in [3.63, 3.8) is 0 Å². The molecule has 2 aromatic heterocycles. The number of rotatable bonds is 6. The molecular weight excluding hydrogens is 466 g/mol. The number of thiophene rings is 1. The maximum atomic E-state index is 10.4. The number of carbonyl (C=O) groups excluding carboxylic acids is 1. The lowest BCUT2D eigenvalue weighted by molar-refractivity contribution is -0.109. The molecule has 0 aliphatic rings. The quantitative estimate of drug-likeness (QED) is 0.237. The van der Waals surface area contributed by atoms with Crippen LogP contribution in [0.25, 0.3) is 20.9 Å². The summed E-state index contributed by atoms with van der Waals surface area (Å²) in [5.41, 5.74) is 15.6. The second kappa shape index (κ2) is 11.6. The summed E-state index contributed by atoms with van der Waals surface area (Å²) in [7, 11) is 0. The summed E-state index contributed by atoms with van der Waals surface area (Å²) in [6.45, 7) is 7.20. The van der Waals surface area contributed by atoms with Crippen molar-refractivity contribution in [1.29, 1.82) is 0 Å². The van der Waals surface area contributed by atoms with E-state index in [2.05, 4.69) is 21.4 Å². The third-order valence-electron chi connectivity index (χ3n) is 5.41. The van der Waals surface area contributed by atoms with Crippen molar-refractivity contribution in [2.75, 3.05) is 5.73 Å². The Labute approximate surface area is 208 Å². The van der Waals surface area contributed by atoms with Gasteiger partial charge in [0.1, 0.15) is 5.82 Å². The van der Waals surface area contributed by atoms with E-state index in [0.717, 1.165) is 38.1 Å². The number of anilines is 1. The maximum absolute atomic E-state index is 10.4. The molecule has 0 saturated heterocycles. The number of nitrogens with two attached hydrogens (primary N) is 2. The smallest absolute Gasteiger partial charge is 0.207 e. The molecule has 0 bridgehead atoms. The van der Waals surface area contributed by atoms with Gasteiger partial charge in [-0.1, -0.05) is 11.6 Å². The summed E-state index contributed by atoms with van der Waals surface area (Å²) < 4.78 is 1.24. The summed E-state index contributed by atoms with van der Waals surface area (Å²) in [6.07, 6.45) is 5.76. The van der Waals surface area contributed by atoms with E-state index in [9.17, 15) is 4.79 Å². The van der Waals surface area contributed by atoms with Crippen LogP contribution in [-0.2, 0) is 17.9 Å². The molecule has 0 spiro atoms. The number of carbonyl (C=O) groups is 1. The minimum atomic E-state index is 0.541. The first-order valence-corrected chi connectivity index (χ1v) is 11.9. The summed E-state index contributed by atoms with van der Waals surface area (Å²) >= 11 is 7.69. The average molecular weight is 494 g/mol. The number of nitrogens with zero attached hydrogens (tertiary/aromatic N) is 2. The van der Waals surface area contributed by atoms with Crippen LogP contribution in [0.1, 0.15) is 28.5 Å². The number of nitrogen functional groups attached to an aromatic ring is 1. The molecule has 4 rings (SSSR count). The van der Waals surface area contributed by atoms with Crippen LogP contribution in [-0.4, -0.2) is 17.6 Å². The fourth-order valence-corrected chi connectivity index (χ4v) is 4.78. The highest BCUT2D eigenvalue weighted by molar-refractivity contribution is 7.19. The number of benzene rings is 2. The molecule has 2 heterocycles. The van der Waals surface area contributed by atoms with Gasteiger partial charge in [-0.05, 0) is 96.4 Å². The summed E-state index contributed by atoms with van der Waals surface area (Å²) in [6, 6.07) is 12.0. The van der Waals surface area contributed by atoms with Crippen LogP contribution >= 0.6 is 22.9 Å². The average Bonchev–Trinajstić information content (AvgIpc) is 3.22. The number of nitrogens with one attached hydrogen (secondary N) is 1. The third kappa shape index (κ3) is 6.12. The first-order valence-electron chi connectivity index (χ1n) is 10.7. The Bertz CT molecular complexity index is 1380. The molecule has 0 unspecified atom stereocenters. The zero-order valence-electron chi connectivity index (χ0n) is 19.4. The molecule has 0 aliphatic heterocycles. The van der Waals surface area contributed by atoms with Gasteiger partial charge in [0.25, 0.3) is 0 Å². The van der Waals surface area contributed by atoms with Gasteiger partial charge in [-0.25, -0.2) is 4.98 Å². The predicted molar refractivity (Wildman–Crippen MR) is 146 cm³/mol. The van der Waals surface area contributed by atoms with E-state index in [0.29, 0.717) is 25.3 Å². The van der Waals surface area contributed by atoms with Crippen LogP contribution in [0.5, 0.6) is 0 Å². The molecule has 0 aliphatic carbocycles. The Morgan fingerprint density at radius 2 is 2.00 bits per heavy atom. The molecule has 176 valence electrons. The number of hydrogen-bond donors (Lipinski definition) is 3. The lowest BCUT2D eigenvalue weighted by atomic mass is 9.96. The molecule has 8 heteroatoms. The first kappa shape index (κ1) is 25.2. The van der Waals surface area contributed by atoms with Crippen LogP contribution in [0.3, 0.4) is 0 Å². The van der Waals surface area contributed by atoms with E-state index < -0.39 is 0 Å². The Balaban J connectivity index is 0.000000191. The van der Waals surface area contributed by atoms with Gasteiger partial charge in [-0.15, -0.1) is 11.3 Å². The molecular formula is C26H28ClN5OS. The number of halogens is 1. The maximum Gasteiger partial charge on any atom is 0.207 e. The monoisotopic (exact) mass is 493 g/mol. The van der Waals surface area contributed by atoms with Gasteiger partial charge in [0.2, 0.25) is 6.41 Å². The molecule has 0 radical (unpaired) electrons. The lowest BCUT2D eigenvalue weighted by Crippen LogP contribution is -2.12. The van der Waals surface area contributed by atoms with Gasteiger partial charge in [-0.2, -0.15) is 0 Å². The van der Waals surface area contributed by atoms with Crippen LogP contribution in [0.15, 0.2) is 59.4 Å². The van der Waals surface area contributed by atoms with E-state index in [4.69, 9.17) is 23.1 Å². The third-order valence-corrected chi connectivity index (χ3v) is 6.75. The van der Waals surface area contributed by atoms with E-state index in [1.54, 1.807) is 29.9 Å². The van der Waals surface area contributed by atoms with Gasteiger partial charge in [-0.3, -0.25) is 9.79 Å². The highest BCUT2D eigenvalue weighted by atomic mass is 35.5. The molecule has 34 heavy (non-hydrogen) atoms. The van der Waals surface area contributed by atoms with Crippen molar-refractivity contribution >= 4 is 62.2 Å². The van der Waals surface area contributed by atoms with E-state index in [1.807, 2.05) is 51.1 Å². The largest absolute Gasteiger partial charge is 0.404 e. The lowest BCUT2D eigenvalue weighted by Gasteiger charge is -2.13. The van der Waals surface area contributed by atoms with Crippen molar-refractivity contribution in [2.24, 2.45) is 10.7 Å².